The van der Waals surface area contributed by atoms with E-state index in [2.05, 4.69) is 0 Å². The number of hydrogen-bond donors (Lipinski definition) is 2. The van der Waals surface area contributed by atoms with Crippen molar-refractivity contribution < 1.29 is 23.1 Å². The van der Waals surface area contributed by atoms with Crippen LogP contribution in [-0.4, -0.2) is 25.9 Å². The number of carbonyl (C=O) groups is 1. The molecule has 0 fully saturated rings. The molecule has 2 N–H and O–H groups in total. The summed E-state index contributed by atoms with van der Waals surface area (Å²) < 4.78 is 28.9. The van der Waals surface area contributed by atoms with Gasteiger partial charge in [0, 0.05) is 22.2 Å². The molecule has 4 rings (SSSR count). The lowest BCUT2D eigenvalue weighted by Gasteiger charge is -2.27. The Morgan fingerprint density at radius 1 is 1.03 bits per heavy atom. The third-order valence-corrected chi connectivity index (χ3v) is 5.75. The Bertz CT molecular complexity index is 1220. The molecule has 0 amide bonds. The lowest BCUT2D eigenvalue weighted by atomic mass is 10.1. The molecule has 0 aliphatic rings. The van der Waals surface area contributed by atoms with Gasteiger partial charge >= 0.3 is 5.97 Å². The summed E-state index contributed by atoms with van der Waals surface area (Å²) in [7, 11) is 0. The van der Waals surface area contributed by atoms with Crippen molar-refractivity contribution in [1.29, 1.82) is 0 Å². The predicted molar refractivity (Wildman–Crippen MR) is 114 cm³/mol. The number of fused-ring (bicyclic) bond motifs is 3. The topological polar surface area (TPSA) is 91.0 Å². The zero-order chi connectivity index (χ0) is 20.5. The molecule has 2 unspecified atom stereocenters. The number of benzene rings is 3. The van der Waals surface area contributed by atoms with Gasteiger partial charge in [-0.2, -0.15) is 0 Å². The molecule has 0 saturated carbocycles. The van der Waals surface area contributed by atoms with E-state index in [0.29, 0.717) is 27.4 Å². The Morgan fingerprint density at radius 2 is 1.72 bits per heavy atom. The number of anilines is 1. The average Bonchev–Trinajstić information content (AvgIpc) is 3.07. The van der Waals surface area contributed by atoms with Crippen molar-refractivity contribution in [3.8, 4) is 0 Å². The number of aliphatic carboxylic acids is 1. The molecular weight excluding hydrogens is 414 g/mol. The fourth-order valence-corrected chi connectivity index (χ4v) is 4.15. The molecule has 1 heterocycles. The summed E-state index contributed by atoms with van der Waals surface area (Å²) in [5.74, 6) is -1.21. The minimum Gasteiger partial charge on any atom is -0.480 e. The number of carboxylic acid groups (broad SMARTS) is 1. The Hall–Kier alpha value is -2.87. The summed E-state index contributed by atoms with van der Waals surface area (Å²) >= 11 is 3.34. The maximum atomic E-state index is 12.2. The van der Waals surface area contributed by atoms with Crippen LogP contribution in [-0.2, 0) is 22.5 Å². The molecule has 1 aromatic heterocycles. The van der Waals surface area contributed by atoms with E-state index in [1.165, 1.54) is 0 Å². The van der Waals surface area contributed by atoms with E-state index < -0.39 is 23.3 Å². The molecule has 3 aromatic carbocycles. The van der Waals surface area contributed by atoms with Crippen LogP contribution < -0.4 is 4.31 Å². The van der Waals surface area contributed by atoms with Gasteiger partial charge in [-0.3, -0.25) is 8.86 Å². The Kier molecular flexibility index (Phi) is 5.27. The summed E-state index contributed by atoms with van der Waals surface area (Å²) in [4.78, 5) is 12.0. The average molecular weight is 430 g/mol. The van der Waals surface area contributed by atoms with Gasteiger partial charge in [-0.15, -0.1) is 0 Å². The van der Waals surface area contributed by atoms with Gasteiger partial charge in [0.25, 0.3) is 11.3 Å². The molecule has 0 spiro atoms. The van der Waals surface area contributed by atoms with Gasteiger partial charge in [0.1, 0.15) is 17.2 Å². The molecule has 0 aliphatic heterocycles. The van der Waals surface area contributed by atoms with Gasteiger partial charge in [-0.05, 0) is 42.0 Å². The van der Waals surface area contributed by atoms with Gasteiger partial charge < -0.3 is 9.52 Å². The highest BCUT2D eigenvalue weighted by Crippen LogP contribution is 2.33. The smallest absolute Gasteiger partial charge is 0.327 e. The number of halogens is 1. The second-order valence-corrected chi connectivity index (χ2v) is 7.81. The molecule has 4 aromatic rings. The number of hydrogen-bond acceptors (Lipinski definition) is 3. The minimum absolute atomic E-state index is 0.0307. The normalized spacial score (nSPS) is 13.4. The quantitative estimate of drug-likeness (QED) is 0.426. The molecule has 8 heteroatoms. The van der Waals surface area contributed by atoms with E-state index >= 15 is 0 Å². The van der Waals surface area contributed by atoms with Crippen LogP contribution >= 0.6 is 11.6 Å². The van der Waals surface area contributed by atoms with Crippen molar-refractivity contribution >= 4 is 56.5 Å². The largest absolute Gasteiger partial charge is 0.480 e. The van der Waals surface area contributed by atoms with E-state index in [9.17, 15) is 18.7 Å². The Morgan fingerprint density at radius 3 is 2.41 bits per heavy atom. The highest BCUT2D eigenvalue weighted by molar-refractivity contribution is 7.80. The fourth-order valence-electron chi connectivity index (χ4n) is 3.34. The van der Waals surface area contributed by atoms with Gasteiger partial charge in [0.15, 0.2) is 0 Å². The number of para-hydroxylation sites is 1. The van der Waals surface area contributed by atoms with E-state index in [-0.39, 0.29) is 6.42 Å². The zero-order valence-electron chi connectivity index (χ0n) is 15.0. The first-order valence-electron chi connectivity index (χ1n) is 8.73. The predicted octanol–water partition coefficient (Wildman–Crippen LogP) is 4.88. The third-order valence-electron chi connectivity index (χ3n) is 4.69. The molecule has 0 bridgehead atoms. The lowest BCUT2D eigenvalue weighted by molar-refractivity contribution is -0.138. The SMILES string of the molecule is O=C(O)C(Cc1ccc(Cl)cc1)N(c1ccc2oc3ccccc3c2c1)S(=O)O. The molecule has 6 nitrogen and oxygen atoms in total. The number of furan rings is 1. The summed E-state index contributed by atoms with van der Waals surface area (Å²) in [6.45, 7) is 0. The van der Waals surface area contributed by atoms with Gasteiger partial charge in [0.2, 0.25) is 0 Å². The third kappa shape index (κ3) is 3.85. The minimum atomic E-state index is -2.55. The van der Waals surface area contributed by atoms with Crippen LogP contribution in [0.2, 0.25) is 5.02 Å². The summed E-state index contributed by atoms with van der Waals surface area (Å²) in [6, 6.07) is 17.8. The van der Waals surface area contributed by atoms with E-state index in [1.807, 2.05) is 24.3 Å². The summed E-state index contributed by atoms with van der Waals surface area (Å²) in [5, 5.41) is 11.9. The number of nitrogens with zero attached hydrogens (tertiary/aromatic N) is 1. The van der Waals surface area contributed by atoms with Gasteiger partial charge in [0.05, 0.1) is 5.69 Å². The van der Waals surface area contributed by atoms with Crippen LogP contribution in [0.4, 0.5) is 5.69 Å². The maximum absolute atomic E-state index is 12.2. The first-order chi connectivity index (χ1) is 13.9. The first-order valence-corrected chi connectivity index (χ1v) is 10.2. The van der Waals surface area contributed by atoms with Crippen LogP contribution in [0, 0.1) is 0 Å². The van der Waals surface area contributed by atoms with E-state index in [0.717, 1.165) is 15.1 Å². The van der Waals surface area contributed by atoms with Crippen molar-refractivity contribution in [1.82, 2.24) is 0 Å². The van der Waals surface area contributed by atoms with E-state index in [1.54, 1.807) is 42.5 Å². The number of carboxylic acids is 1. The van der Waals surface area contributed by atoms with Crippen LogP contribution in [0.1, 0.15) is 5.56 Å². The van der Waals surface area contributed by atoms with Crippen LogP contribution in [0.25, 0.3) is 21.9 Å². The highest BCUT2D eigenvalue weighted by Gasteiger charge is 2.31. The second-order valence-electron chi connectivity index (χ2n) is 6.52. The summed E-state index contributed by atoms with van der Waals surface area (Å²) in [5.41, 5.74) is 2.30. The van der Waals surface area contributed by atoms with Crippen molar-refractivity contribution in [2.45, 2.75) is 12.5 Å². The second kappa shape index (κ2) is 7.87. The molecular formula is C21H16ClNO5S. The van der Waals surface area contributed by atoms with Crippen molar-refractivity contribution in [3.63, 3.8) is 0 Å². The van der Waals surface area contributed by atoms with Crippen molar-refractivity contribution in [3.05, 3.63) is 77.3 Å². The number of rotatable bonds is 6. The highest BCUT2D eigenvalue weighted by atomic mass is 35.5. The van der Waals surface area contributed by atoms with Crippen LogP contribution in [0.5, 0.6) is 0 Å². The lowest BCUT2D eigenvalue weighted by Crippen LogP contribution is -2.44. The van der Waals surface area contributed by atoms with Crippen molar-refractivity contribution in [2.75, 3.05) is 4.31 Å². The standard InChI is InChI=1S/C21H16ClNO5S/c22-14-7-5-13(6-8-14)11-18(21(24)25)23(29(26)27)15-9-10-20-17(12-15)16-3-1-2-4-19(16)28-20/h1-10,12,18H,11H2,(H,24,25)(H,26,27). The van der Waals surface area contributed by atoms with Crippen LogP contribution in [0.15, 0.2) is 71.1 Å². The Labute approximate surface area is 173 Å². The molecule has 29 heavy (non-hydrogen) atoms. The molecule has 0 aliphatic carbocycles. The fraction of sp³-hybridized carbons (Fsp3) is 0.0952. The molecule has 0 saturated heterocycles. The zero-order valence-corrected chi connectivity index (χ0v) is 16.6. The first kappa shape index (κ1) is 19.4. The van der Waals surface area contributed by atoms with Gasteiger partial charge in [-0.1, -0.05) is 41.9 Å². The van der Waals surface area contributed by atoms with Crippen molar-refractivity contribution in [2.24, 2.45) is 0 Å². The van der Waals surface area contributed by atoms with Gasteiger partial charge in [-0.25, -0.2) is 9.00 Å². The Balaban J connectivity index is 1.78. The van der Waals surface area contributed by atoms with E-state index in [4.69, 9.17) is 16.0 Å². The molecule has 148 valence electrons. The molecule has 0 radical (unpaired) electrons. The van der Waals surface area contributed by atoms with Crippen LogP contribution in [0.3, 0.4) is 0 Å². The summed E-state index contributed by atoms with van der Waals surface area (Å²) in [6.07, 6.45) is 0.0307. The molecule has 2 atom stereocenters. The monoisotopic (exact) mass is 429 g/mol. The maximum Gasteiger partial charge on any atom is 0.327 e.